The minimum absolute atomic E-state index is 0.00632. The zero-order valence-electron chi connectivity index (χ0n) is 10.5. The fourth-order valence-electron chi connectivity index (χ4n) is 1.36. The van der Waals surface area contributed by atoms with Gasteiger partial charge in [0, 0.05) is 13.8 Å². The fourth-order valence-corrected chi connectivity index (χ4v) is 1.36. The third-order valence-electron chi connectivity index (χ3n) is 2.09. The maximum absolute atomic E-state index is 11.7. The van der Waals surface area contributed by atoms with Crippen LogP contribution in [0.25, 0.3) is 0 Å². The summed E-state index contributed by atoms with van der Waals surface area (Å²) in [5.41, 5.74) is 2.54. The molecule has 1 saturated heterocycles. The number of cyclic esters (lactones) is 2. The van der Waals surface area contributed by atoms with Crippen LogP contribution in [0.15, 0.2) is 11.3 Å². The molecule has 0 amide bonds. The average molecular weight is 253 g/mol. The van der Waals surface area contributed by atoms with E-state index in [1.165, 1.54) is 13.8 Å². The van der Waals surface area contributed by atoms with Gasteiger partial charge in [-0.2, -0.15) is 0 Å². The summed E-state index contributed by atoms with van der Waals surface area (Å²) < 4.78 is 9.94. The highest BCUT2D eigenvalue weighted by Crippen LogP contribution is 2.24. The van der Waals surface area contributed by atoms with E-state index in [1.54, 1.807) is 6.92 Å². The summed E-state index contributed by atoms with van der Waals surface area (Å²) in [5.74, 6) is -0.499. The second-order valence-electron chi connectivity index (χ2n) is 3.98. The lowest BCUT2D eigenvalue weighted by Crippen LogP contribution is -2.43. The Morgan fingerprint density at radius 2 is 1.94 bits per heavy atom. The van der Waals surface area contributed by atoms with Gasteiger partial charge in [0.25, 0.3) is 5.79 Å². The Balaban J connectivity index is 2.93. The van der Waals surface area contributed by atoms with Gasteiger partial charge >= 0.3 is 11.9 Å². The number of allylic oxidation sites excluding steroid dienone is 1. The first kappa shape index (κ1) is 14.1. The second-order valence-corrected chi connectivity index (χ2v) is 3.98. The Labute approximate surface area is 105 Å². The van der Waals surface area contributed by atoms with Crippen molar-refractivity contribution < 1.29 is 23.9 Å². The number of carbonyl (C=O) groups is 2. The molecule has 1 heterocycles. The number of hydrogen-bond donors (Lipinski definition) is 1. The normalized spacial score (nSPS) is 17.6. The van der Waals surface area contributed by atoms with Crippen LogP contribution < -0.4 is 5.48 Å². The van der Waals surface area contributed by atoms with Gasteiger partial charge in [0.15, 0.2) is 5.57 Å². The molecule has 0 atom stereocenters. The van der Waals surface area contributed by atoms with Crippen molar-refractivity contribution in [1.82, 2.24) is 5.48 Å². The van der Waals surface area contributed by atoms with Crippen molar-refractivity contribution in [2.45, 2.75) is 33.0 Å². The van der Waals surface area contributed by atoms with Gasteiger partial charge < -0.3 is 9.47 Å². The van der Waals surface area contributed by atoms with Gasteiger partial charge in [-0.3, -0.25) is 10.3 Å². The van der Waals surface area contributed by atoms with Crippen LogP contribution in [0.4, 0.5) is 0 Å². The van der Waals surface area contributed by atoms with Gasteiger partial charge in [-0.15, -0.1) is 6.42 Å². The third kappa shape index (κ3) is 3.25. The minimum Gasteiger partial charge on any atom is -0.419 e. The topological polar surface area (TPSA) is 73.9 Å². The molecule has 6 heteroatoms. The highest BCUT2D eigenvalue weighted by Gasteiger charge is 2.40. The average Bonchev–Trinajstić information content (AvgIpc) is 2.24. The molecule has 0 aliphatic carbocycles. The molecule has 0 unspecified atom stereocenters. The number of esters is 2. The largest absolute Gasteiger partial charge is 0.419 e. The predicted octanol–water partition coefficient (Wildman–Crippen LogP) is 0.641. The molecule has 1 fully saturated rings. The zero-order chi connectivity index (χ0) is 13.8. The van der Waals surface area contributed by atoms with E-state index in [0.717, 1.165) is 0 Å². The van der Waals surface area contributed by atoms with Gasteiger partial charge in [-0.05, 0) is 6.42 Å². The molecule has 98 valence electrons. The van der Waals surface area contributed by atoms with E-state index in [1.807, 2.05) is 0 Å². The standard InChI is InChI=1S/C12H15NO5/c1-5-7-16-13-8(6-2)9-10(14)17-12(3,4)18-11(9)15/h1,13H,6-7H2,2-4H3. The van der Waals surface area contributed by atoms with Crippen molar-refractivity contribution in [2.75, 3.05) is 6.61 Å². The smallest absolute Gasteiger partial charge is 0.350 e. The first-order valence-corrected chi connectivity index (χ1v) is 5.42. The van der Waals surface area contributed by atoms with Crippen LogP contribution in [0.1, 0.15) is 27.2 Å². The lowest BCUT2D eigenvalue weighted by molar-refractivity contribution is -0.222. The molecule has 0 aromatic rings. The lowest BCUT2D eigenvalue weighted by Gasteiger charge is -2.30. The van der Waals surface area contributed by atoms with Crippen molar-refractivity contribution in [2.24, 2.45) is 0 Å². The van der Waals surface area contributed by atoms with Gasteiger partial charge in [0.1, 0.15) is 6.61 Å². The van der Waals surface area contributed by atoms with E-state index in [0.29, 0.717) is 6.42 Å². The maximum Gasteiger partial charge on any atom is 0.350 e. The molecule has 0 saturated carbocycles. The number of ether oxygens (including phenoxy) is 2. The van der Waals surface area contributed by atoms with E-state index >= 15 is 0 Å². The van der Waals surface area contributed by atoms with E-state index in [9.17, 15) is 9.59 Å². The number of hydrogen-bond acceptors (Lipinski definition) is 6. The van der Waals surface area contributed by atoms with Crippen LogP contribution in [-0.4, -0.2) is 24.3 Å². The van der Waals surface area contributed by atoms with E-state index in [4.69, 9.17) is 20.7 Å². The predicted molar refractivity (Wildman–Crippen MR) is 61.5 cm³/mol. The summed E-state index contributed by atoms with van der Waals surface area (Å²) in [6, 6.07) is 0. The fraction of sp³-hybridized carbons (Fsp3) is 0.500. The SMILES string of the molecule is C#CCONC(CC)=C1C(=O)OC(C)(C)OC1=O. The molecule has 0 aromatic carbocycles. The van der Waals surface area contributed by atoms with Crippen LogP contribution in [-0.2, 0) is 23.9 Å². The molecule has 1 rings (SSSR count). The van der Waals surface area contributed by atoms with E-state index in [-0.39, 0.29) is 17.9 Å². The first-order valence-electron chi connectivity index (χ1n) is 5.42. The van der Waals surface area contributed by atoms with E-state index < -0.39 is 17.7 Å². The molecule has 1 N–H and O–H groups in total. The number of rotatable bonds is 4. The van der Waals surface area contributed by atoms with Crippen LogP contribution in [0, 0.1) is 12.3 Å². The number of carbonyl (C=O) groups excluding carboxylic acids is 2. The summed E-state index contributed by atoms with van der Waals surface area (Å²) in [7, 11) is 0. The number of nitrogens with one attached hydrogen (secondary N) is 1. The van der Waals surface area contributed by atoms with Crippen LogP contribution in [0.3, 0.4) is 0 Å². The van der Waals surface area contributed by atoms with Crippen molar-refractivity contribution >= 4 is 11.9 Å². The third-order valence-corrected chi connectivity index (χ3v) is 2.09. The quantitative estimate of drug-likeness (QED) is 0.198. The van der Waals surface area contributed by atoms with Crippen molar-refractivity contribution in [1.29, 1.82) is 0 Å². The van der Waals surface area contributed by atoms with Crippen molar-refractivity contribution in [3.8, 4) is 12.3 Å². The first-order chi connectivity index (χ1) is 8.41. The van der Waals surface area contributed by atoms with Gasteiger partial charge in [0.05, 0.1) is 5.70 Å². The molecule has 1 aliphatic rings. The molecule has 6 nitrogen and oxygen atoms in total. The highest BCUT2D eigenvalue weighted by atomic mass is 16.7. The minimum atomic E-state index is -1.25. The lowest BCUT2D eigenvalue weighted by atomic mass is 10.1. The Kier molecular flexibility index (Phi) is 4.34. The van der Waals surface area contributed by atoms with E-state index in [2.05, 4.69) is 11.4 Å². The molecule has 0 radical (unpaired) electrons. The summed E-state index contributed by atoms with van der Waals surface area (Å²) in [6.45, 7) is 4.71. The summed E-state index contributed by atoms with van der Waals surface area (Å²) >= 11 is 0. The Hall–Kier alpha value is -2.00. The molecule has 1 aliphatic heterocycles. The molecular formula is C12H15NO5. The number of hydroxylamine groups is 1. The van der Waals surface area contributed by atoms with Crippen LogP contribution >= 0.6 is 0 Å². The van der Waals surface area contributed by atoms with Gasteiger partial charge in [0.2, 0.25) is 0 Å². The summed E-state index contributed by atoms with van der Waals surface area (Å²) in [5, 5.41) is 0. The second kappa shape index (κ2) is 5.56. The summed E-state index contributed by atoms with van der Waals surface area (Å²) in [4.78, 5) is 28.4. The molecule has 18 heavy (non-hydrogen) atoms. The maximum atomic E-state index is 11.7. The highest BCUT2D eigenvalue weighted by molar-refractivity contribution is 6.15. The van der Waals surface area contributed by atoms with Crippen LogP contribution in [0.2, 0.25) is 0 Å². The monoisotopic (exact) mass is 253 g/mol. The molecular weight excluding hydrogens is 238 g/mol. The number of terminal acetylenes is 1. The van der Waals surface area contributed by atoms with Gasteiger partial charge in [-0.1, -0.05) is 12.8 Å². The van der Waals surface area contributed by atoms with Crippen molar-refractivity contribution in [3.05, 3.63) is 11.3 Å². The van der Waals surface area contributed by atoms with Crippen molar-refractivity contribution in [3.63, 3.8) is 0 Å². The molecule has 0 aromatic heterocycles. The molecule has 0 spiro atoms. The Morgan fingerprint density at radius 3 is 2.39 bits per heavy atom. The Bertz CT molecular complexity index is 408. The molecule has 0 bridgehead atoms. The zero-order valence-corrected chi connectivity index (χ0v) is 10.5. The summed E-state index contributed by atoms with van der Waals surface area (Å²) in [6.07, 6.45) is 5.38. The van der Waals surface area contributed by atoms with Gasteiger partial charge in [-0.25, -0.2) is 9.59 Å². The Morgan fingerprint density at radius 1 is 1.39 bits per heavy atom. The van der Waals surface area contributed by atoms with Crippen LogP contribution in [0.5, 0.6) is 0 Å².